The fourth-order valence-electron chi connectivity index (χ4n) is 6.54. The van der Waals surface area contributed by atoms with Crippen LogP contribution in [0.4, 0.5) is 5.69 Å². The average Bonchev–Trinajstić information content (AvgIpc) is 3.67. The molecule has 1 saturated heterocycles. The summed E-state index contributed by atoms with van der Waals surface area (Å²) in [6.45, 7) is 4.89. The van der Waals surface area contributed by atoms with Crippen molar-refractivity contribution in [2.75, 3.05) is 25.5 Å². The van der Waals surface area contributed by atoms with Crippen molar-refractivity contribution in [1.82, 2.24) is 19.8 Å². The van der Waals surface area contributed by atoms with E-state index in [1.165, 1.54) is 11.3 Å². The third-order valence-corrected chi connectivity index (χ3v) is 10.8. The van der Waals surface area contributed by atoms with Crippen LogP contribution in [0.25, 0.3) is 33.7 Å². The topological polar surface area (TPSA) is 112 Å². The molecule has 1 unspecified atom stereocenters. The first-order valence-electron chi connectivity index (χ1n) is 15.6. The SMILES string of the molecule is Cc1c(-c2nc3cc(CN4CCCCC4C(=O)O)cc(Cl)c3o2)cccc1-c1cccc(NC(=O)c2nc3c(s2)CN(C)CC3)c1Cl. The first-order valence-corrected chi connectivity index (χ1v) is 17.2. The zero-order chi connectivity index (χ0) is 32.8. The molecule has 2 aliphatic rings. The van der Waals surface area contributed by atoms with Crippen LogP contribution < -0.4 is 5.32 Å². The number of oxazole rings is 1. The standard InChI is InChI=1S/C35H33Cl2N5O4S/c1-19-21(23-9-6-10-26(30(23)37)38-32(43)34-40-25-12-14-41(2)18-29(25)47-34)7-5-8-22(19)33-39-27-16-20(15-24(36)31(27)46-33)17-42-13-4-3-11-28(42)35(44)45/h5-10,15-16,28H,3-4,11-14,17-18H2,1-2H3,(H,38,43)(H,44,45). The number of anilines is 1. The molecule has 2 N–H and O–H groups in total. The number of carboxylic acids is 1. The number of carboxylic acid groups (broad SMARTS) is 1. The molecule has 5 aromatic rings. The van der Waals surface area contributed by atoms with Crippen LogP contribution in [-0.4, -0.2) is 62.9 Å². The number of carbonyl (C=O) groups is 2. The van der Waals surface area contributed by atoms with Crippen LogP contribution in [0.5, 0.6) is 0 Å². The maximum absolute atomic E-state index is 13.2. The smallest absolute Gasteiger partial charge is 0.320 e. The number of rotatable bonds is 7. The second-order valence-electron chi connectivity index (χ2n) is 12.2. The highest BCUT2D eigenvalue weighted by Crippen LogP contribution is 2.40. The minimum atomic E-state index is -0.796. The highest BCUT2D eigenvalue weighted by molar-refractivity contribution is 7.13. The highest BCUT2D eigenvalue weighted by atomic mass is 35.5. The van der Waals surface area contributed by atoms with Crippen LogP contribution in [0.3, 0.4) is 0 Å². The van der Waals surface area contributed by atoms with Crippen LogP contribution in [0.15, 0.2) is 52.9 Å². The molecule has 47 heavy (non-hydrogen) atoms. The lowest BCUT2D eigenvalue weighted by Crippen LogP contribution is -2.43. The number of benzene rings is 3. The monoisotopic (exact) mass is 689 g/mol. The first kappa shape index (κ1) is 31.8. The van der Waals surface area contributed by atoms with Gasteiger partial charge in [0.2, 0.25) is 5.89 Å². The Morgan fingerprint density at radius 3 is 2.68 bits per heavy atom. The van der Waals surface area contributed by atoms with E-state index in [2.05, 4.69) is 22.2 Å². The van der Waals surface area contributed by atoms with E-state index in [1.54, 1.807) is 6.07 Å². The van der Waals surface area contributed by atoms with Crippen molar-refractivity contribution in [3.05, 3.63) is 85.3 Å². The maximum atomic E-state index is 13.2. The molecule has 0 saturated carbocycles. The number of aliphatic carboxylic acids is 1. The molecule has 0 bridgehead atoms. The normalized spacial score (nSPS) is 17.1. The Labute approximate surface area is 286 Å². The van der Waals surface area contributed by atoms with Gasteiger partial charge in [0, 0.05) is 42.1 Å². The number of piperidine rings is 1. The lowest BCUT2D eigenvalue weighted by molar-refractivity contribution is -0.144. The number of carbonyl (C=O) groups excluding carboxylic acids is 1. The fraction of sp³-hybridized carbons (Fsp3) is 0.314. The quantitative estimate of drug-likeness (QED) is 0.177. The van der Waals surface area contributed by atoms with E-state index in [0.29, 0.717) is 50.7 Å². The van der Waals surface area contributed by atoms with E-state index < -0.39 is 12.0 Å². The molecular formula is C35H33Cl2N5O4S. The molecule has 9 nitrogen and oxygen atoms in total. The Kier molecular flexibility index (Phi) is 8.80. The van der Waals surface area contributed by atoms with Gasteiger partial charge in [0.15, 0.2) is 10.6 Å². The van der Waals surface area contributed by atoms with Gasteiger partial charge in [0.1, 0.15) is 11.6 Å². The van der Waals surface area contributed by atoms with E-state index in [4.69, 9.17) is 32.6 Å². The molecule has 0 aliphatic carbocycles. The van der Waals surface area contributed by atoms with Gasteiger partial charge in [-0.2, -0.15) is 0 Å². The molecule has 7 rings (SSSR count). The minimum absolute atomic E-state index is 0.280. The van der Waals surface area contributed by atoms with Crippen LogP contribution in [0.1, 0.15) is 50.8 Å². The van der Waals surface area contributed by atoms with Crippen molar-refractivity contribution in [3.63, 3.8) is 0 Å². The van der Waals surface area contributed by atoms with Crippen molar-refractivity contribution in [3.8, 4) is 22.6 Å². The Hall–Kier alpha value is -3.80. The molecule has 2 aliphatic heterocycles. The largest absolute Gasteiger partial charge is 0.480 e. The third-order valence-electron chi connectivity index (χ3n) is 9.01. The predicted octanol–water partition coefficient (Wildman–Crippen LogP) is 7.91. The molecule has 4 heterocycles. The van der Waals surface area contributed by atoms with E-state index in [9.17, 15) is 14.7 Å². The van der Waals surface area contributed by atoms with Crippen molar-refractivity contribution in [2.24, 2.45) is 0 Å². The van der Waals surface area contributed by atoms with Crippen molar-refractivity contribution >= 4 is 63.2 Å². The molecule has 2 aromatic heterocycles. The summed E-state index contributed by atoms with van der Waals surface area (Å²) >= 11 is 15.0. The van der Waals surface area contributed by atoms with E-state index >= 15 is 0 Å². The number of nitrogens with one attached hydrogen (secondary N) is 1. The molecule has 1 amide bonds. The lowest BCUT2D eigenvalue weighted by atomic mass is 9.96. The Bertz CT molecular complexity index is 2020. The minimum Gasteiger partial charge on any atom is -0.480 e. The number of hydrogen-bond acceptors (Lipinski definition) is 8. The average molecular weight is 691 g/mol. The predicted molar refractivity (Wildman–Crippen MR) is 185 cm³/mol. The van der Waals surface area contributed by atoms with Crippen LogP contribution in [0.2, 0.25) is 10.0 Å². The summed E-state index contributed by atoms with van der Waals surface area (Å²) in [5.74, 6) is -0.660. The van der Waals surface area contributed by atoms with Gasteiger partial charge >= 0.3 is 5.97 Å². The number of amides is 1. The number of aromatic nitrogens is 2. The number of halogens is 2. The molecule has 1 fully saturated rings. The van der Waals surface area contributed by atoms with Crippen molar-refractivity contribution in [2.45, 2.75) is 51.7 Å². The zero-order valence-corrected chi connectivity index (χ0v) is 28.3. The van der Waals surface area contributed by atoms with Crippen molar-refractivity contribution < 1.29 is 19.1 Å². The lowest BCUT2D eigenvalue weighted by Gasteiger charge is -2.32. The number of thiazole rings is 1. The second-order valence-corrected chi connectivity index (χ2v) is 14.1. The zero-order valence-electron chi connectivity index (χ0n) is 26.0. The number of likely N-dealkylation sites (N-methyl/N-ethyl adjacent to an activating group) is 1. The van der Waals surface area contributed by atoms with Gasteiger partial charge in [0.25, 0.3) is 5.91 Å². The molecule has 1 atom stereocenters. The van der Waals surface area contributed by atoms with Crippen LogP contribution in [-0.2, 0) is 24.3 Å². The van der Waals surface area contributed by atoms with Gasteiger partial charge in [0.05, 0.1) is 21.4 Å². The summed E-state index contributed by atoms with van der Waals surface area (Å²) in [5, 5.41) is 14.0. The summed E-state index contributed by atoms with van der Waals surface area (Å²) in [4.78, 5) is 39.8. The van der Waals surface area contributed by atoms with Crippen LogP contribution >= 0.6 is 34.5 Å². The summed E-state index contributed by atoms with van der Waals surface area (Å²) in [5.41, 5.74) is 6.77. The molecule has 242 valence electrons. The summed E-state index contributed by atoms with van der Waals surface area (Å²) in [6, 6.07) is 14.6. The number of nitrogens with zero attached hydrogens (tertiary/aromatic N) is 4. The summed E-state index contributed by atoms with van der Waals surface area (Å²) in [6.07, 6.45) is 3.35. The van der Waals surface area contributed by atoms with Gasteiger partial charge in [-0.3, -0.25) is 14.5 Å². The van der Waals surface area contributed by atoms with E-state index in [1.807, 2.05) is 54.3 Å². The number of likely N-dealkylation sites (tertiary alicyclic amines) is 1. The van der Waals surface area contributed by atoms with E-state index in [-0.39, 0.29) is 5.91 Å². The fourth-order valence-corrected chi connectivity index (χ4v) is 8.17. The van der Waals surface area contributed by atoms with Gasteiger partial charge < -0.3 is 19.7 Å². The first-order chi connectivity index (χ1) is 22.7. The van der Waals surface area contributed by atoms with Gasteiger partial charge in [-0.1, -0.05) is 53.9 Å². The van der Waals surface area contributed by atoms with Crippen LogP contribution in [0, 0.1) is 6.92 Å². The molecule has 3 aromatic carbocycles. The summed E-state index contributed by atoms with van der Waals surface area (Å²) < 4.78 is 6.21. The molecule has 0 spiro atoms. The highest BCUT2D eigenvalue weighted by Gasteiger charge is 2.29. The Morgan fingerprint density at radius 2 is 1.85 bits per heavy atom. The van der Waals surface area contributed by atoms with E-state index in [0.717, 1.165) is 77.3 Å². The van der Waals surface area contributed by atoms with Gasteiger partial charge in [-0.25, -0.2) is 9.97 Å². The molecule has 12 heteroatoms. The molecular weight excluding hydrogens is 657 g/mol. The van der Waals surface area contributed by atoms with Gasteiger partial charge in [-0.05, 0) is 74.3 Å². The Morgan fingerprint density at radius 1 is 1.06 bits per heavy atom. The maximum Gasteiger partial charge on any atom is 0.320 e. The Balaban J connectivity index is 1.16. The molecule has 0 radical (unpaired) electrons. The van der Waals surface area contributed by atoms with Gasteiger partial charge in [-0.15, -0.1) is 11.3 Å². The summed E-state index contributed by atoms with van der Waals surface area (Å²) in [7, 11) is 2.07. The van der Waals surface area contributed by atoms with Crippen molar-refractivity contribution in [1.29, 1.82) is 0 Å². The second kappa shape index (κ2) is 13.0. The third kappa shape index (κ3) is 6.28. The number of fused-ring (bicyclic) bond motifs is 2. The number of hydrogen-bond donors (Lipinski definition) is 2.